The molecule has 1 aliphatic carbocycles. The number of alkyl halides is 3. The summed E-state index contributed by atoms with van der Waals surface area (Å²) in [6, 6.07) is 13.2. The quantitative estimate of drug-likeness (QED) is 0.470. The first-order chi connectivity index (χ1) is 17.2. The van der Waals surface area contributed by atoms with Crippen LogP contribution in [0.1, 0.15) is 59.1 Å². The molecule has 3 aromatic rings. The van der Waals surface area contributed by atoms with Gasteiger partial charge in [0.05, 0.1) is 30.3 Å². The topological polar surface area (TPSA) is 77.3 Å². The van der Waals surface area contributed by atoms with Crippen LogP contribution in [0, 0.1) is 0 Å². The Balaban J connectivity index is 1.36. The zero-order valence-electron chi connectivity index (χ0n) is 19.7. The van der Waals surface area contributed by atoms with E-state index in [0.29, 0.717) is 30.0 Å². The number of hydrogen-bond donors (Lipinski definition) is 0. The molecule has 36 heavy (non-hydrogen) atoms. The maximum absolute atomic E-state index is 12.7. The zero-order valence-corrected chi connectivity index (χ0v) is 19.7. The minimum Gasteiger partial charge on any atom is -0.465 e. The largest absolute Gasteiger partial charge is 0.471 e. The lowest BCUT2D eigenvalue weighted by atomic mass is 9.88. The molecule has 7 nitrogen and oxygen atoms in total. The Morgan fingerprint density at radius 3 is 2.25 bits per heavy atom. The number of carbonyl (C=O) groups excluding carboxylic acids is 2. The number of aromatic nitrogens is 3. The van der Waals surface area contributed by atoms with Crippen molar-refractivity contribution in [2.24, 2.45) is 0 Å². The van der Waals surface area contributed by atoms with Gasteiger partial charge in [0.15, 0.2) is 0 Å². The first kappa shape index (κ1) is 24.0. The first-order valence-corrected chi connectivity index (χ1v) is 11.9. The number of halogens is 3. The molecule has 1 saturated heterocycles. The van der Waals surface area contributed by atoms with Crippen molar-refractivity contribution in [2.75, 3.05) is 20.2 Å². The molecule has 2 aliphatic rings. The van der Waals surface area contributed by atoms with Crippen LogP contribution in [0.4, 0.5) is 13.2 Å². The molecule has 1 amide bonds. The van der Waals surface area contributed by atoms with Gasteiger partial charge in [-0.3, -0.25) is 4.79 Å². The van der Waals surface area contributed by atoms with Crippen molar-refractivity contribution in [1.29, 1.82) is 0 Å². The van der Waals surface area contributed by atoms with Crippen molar-refractivity contribution in [1.82, 2.24) is 19.9 Å². The van der Waals surface area contributed by atoms with Crippen LogP contribution in [-0.2, 0) is 9.53 Å². The van der Waals surface area contributed by atoms with Gasteiger partial charge >= 0.3 is 18.1 Å². The van der Waals surface area contributed by atoms with Gasteiger partial charge in [0.25, 0.3) is 0 Å². The average Bonchev–Trinajstić information content (AvgIpc) is 3.63. The minimum atomic E-state index is -4.84. The van der Waals surface area contributed by atoms with Crippen molar-refractivity contribution < 1.29 is 27.5 Å². The molecule has 0 spiro atoms. The number of amides is 1. The highest BCUT2D eigenvalue weighted by molar-refractivity contribution is 5.92. The van der Waals surface area contributed by atoms with Crippen LogP contribution in [0.3, 0.4) is 0 Å². The Hall–Kier alpha value is -3.69. The normalized spacial score (nSPS) is 16.7. The molecule has 10 heteroatoms. The second-order valence-corrected chi connectivity index (χ2v) is 9.31. The second kappa shape index (κ2) is 9.40. The van der Waals surface area contributed by atoms with Crippen molar-refractivity contribution in [2.45, 2.75) is 43.7 Å². The number of nitrogens with zero attached hydrogens (tertiary/aromatic N) is 4. The van der Waals surface area contributed by atoms with E-state index in [1.165, 1.54) is 7.11 Å². The van der Waals surface area contributed by atoms with E-state index in [4.69, 9.17) is 4.74 Å². The van der Waals surface area contributed by atoms with Crippen molar-refractivity contribution in [3.05, 3.63) is 65.5 Å². The van der Waals surface area contributed by atoms with Crippen molar-refractivity contribution in [3.63, 3.8) is 0 Å². The van der Waals surface area contributed by atoms with Gasteiger partial charge in [0.1, 0.15) is 0 Å². The van der Waals surface area contributed by atoms with E-state index in [-0.39, 0.29) is 19.0 Å². The van der Waals surface area contributed by atoms with E-state index in [2.05, 4.69) is 10.3 Å². The smallest absolute Gasteiger partial charge is 0.465 e. The highest BCUT2D eigenvalue weighted by Gasteiger charge is 2.43. The van der Waals surface area contributed by atoms with Crippen molar-refractivity contribution >= 4 is 11.9 Å². The standard InChI is InChI=1S/C26H25F3N4O3/c1-36-24(34)21-12-20(13-22(14-21)33-15-23(30-31-33)19-6-7-19)17-4-2-16(3-5-17)18-8-10-32(11-9-18)25(35)26(27,28)29/h2-5,12-15,18-19H,6-11H2,1H3. The van der Waals surface area contributed by atoms with Crippen LogP contribution in [0.5, 0.6) is 0 Å². The fraction of sp³-hybridized carbons (Fsp3) is 0.385. The summed E-state index contributed by atoms with van der Waals surface area (Å²) in [6.45, 7) is 0.159. The number of rotatable bonds is 5. The van der Waals surface area contributed by atoms with Gasteiger partial charge in [-0.2, -0.15) is 13.2 Å². The summed E-state index contributed by atoms with van der Waals surface area (Å²) in [5, 5.41) is 8.49. The van der Waals surface area contributed by atoms with E-state index in [1.54, 1.807) is 16.8 Å². The number of ether oxygens (including phenoxy) is 1. The van der Waals surface area contributed by atoms with Gasteiger partial charge < -0.3 is 9.64 Å². The monoisotopic (exact) mass is 498 g/mol. The summed E-state index contributed by atoms with van der Waals surface area (Å²) in [5.41, 5.74) is 4.70. The van der Waals surface area contributed by atoms with Crippen LogP contribution in [0.15, 0.2) is 48.7 Å². The predicted octanol–water partition coefficient (Wildman–Crippen LogP) is 4.87. The molecule has 2 fully saturated rings. The average molecular weight is 499 g/mol. The highest BCUT2D eigenvalue weighted by Crippen LogP contribution is 2.39. The number of hydrogen-bond acceptors (Lipinski definition) is 5. The Bertz CT molecular complexity index is 1270. The van der Waals surface area contributed by atoms with Gasteiger partial charge in [-0.25, -0.2) is 9.48 Å². The SMILES string of the molecule is COC(=O)c1cc(-c2ccc(C3CCN(C(=O)C(F)(F)F)CC3)cc2)cc(-n2cc(C3CC3)nn2)c1. The summed E-state index contributed by atoms with van der Waals surface area (Å²) in [5.74, 6) is -1.70. The Kier molecular flexibility index (Phi) is 6.27. The zero-order chi connectivity index (χ0) is 25.4. The third-order valence-corrected chi connectivity index (χ3v) is 6.85. The molecule has 1 aromatic heterocycles. The van der Waals surface area contributed by atoms with Crippen molar-refractivity contribution in [3.8, 4) is 16.8 Å². The lowest BCUT2D eigenvalue weighted by Gasteiger charge is -2.32. The summed E-state index contributed by atoms with van der Waals surface area (Å²) in [7, 11) is 1.33. The molecule has 5 rings (SSSR count). The van der Waals surface area contributed by atoms with Crippen LogP contribution >= 0.6 is 0 Å². The molecule has 2 aromatic carbocycles. The fourth-order valence-corrected chi connectivity index (χ4v) is 4.66. The van der Waals surface area contributed by atoms with Crippen LogP contribution < -0.4 is 0 Å². The maximum atomic E-state index is 12.7. The van der Waals surface area contributed by atoms with Gasteiger partial charge in [0, 0.05) is 19.0 Å². The van der Waals surface area contributed by atoms with E-state index >= 15 is 0 Å². The number of esters is 1. The number of likely N-dealkylation sites (tertiary alicyclic amines) is 1. The molecule has 0 bridgehead atoms. The van der Waals surface area contributed by atoms with Gasteiger partial charge in [-0.15, -0.1) is 5.10 Å². The molecular weight excluding hydrogens is 473 g/mol. The van der Waals surface area contributed by atoms with E-state index in [9.17, 15) is 22.8 Å². The number of piperidine rings is 1. The second-order valence-electron chi connectivity index (χ2n) is 9.31. The first-order valence-electron chi connectivity index (χ1n) is 11.9. The van der Waals surface area contributed by atoms with E-state index < -0.39 is 18.1 Å². The summed E-state index contributed by atoms with van der Waals surface area (Å²) >= 11 is 0. The molecule has 0 unspecified atom stereocenters. The van der Waals surface area contributed by atoms with E-state index in [0.717, 1.165) is 40.1 Å². The Morgan fingerprint density at radius 1 is 0.944 bits per heavy atom. The number of carbonyl (C=O) groups is 2. The molecular formula is C26H25F3N4O3. The maximum Gasteiger partial charge on any atom is 0.471 e. The molecule has 188 valence electrons. The molecule has 0 N–H and O–H groups in total. The molecule has 1 saturated carbocycles. The molecule has 1 aliphatic heterocycles. The fourth-order valence-electron chi connectivity index (χ4n) is 4.66. The van der Waals surface area contributed by atoms with Gasteiger partial charge in [0.2, 0.25) is 0 Å². The van der Waals surface area contributed by atoms with E-state index in [1.807, 2.05) is 36.5 Å². The number of benzene rings is 2. The number of methoxy groups -OCH3 is 1. The third kappa shape index (κ3) is 4.98. The minimum absolute atomic E-state index is 0.0734. The molecule has 2 heterocycles. The molecule has 0 atom stereocenters. The highest BCUT2D eigenvalue weighted by atomic mass is 19.4. The van der Waals surface area contributed by atoms with Crippen LogP contribution in [-0.4, -0.2) is 58.1 Å². The van der Waals surface area contributed by atoms with Gasteiger partial charge in [-0.1, -0.05) is 29.5 Å². The molecule has 0 radical (unpaired) electrons. The Morgan fingerprint density at radius 2 is 1.64 bits per heavy atom. The van der Waals surface area contributed by atoms with Crippen LogP contribution in [0.25, 0.3) is 16.8 Å². The van der Waals surface area contributed by atoms with Gasteiger partial charge in [-0.05, 0) is 66.5 Å². The lowest BCUT2D eigenvalue weighted by Crippen LogP contribution is -2.45. The lowest BCUT2D eigenvalue weighted by molar-refractivity contribution is -0.186. The Labute approximate surface area is 205 Å². The predicted molar refractivity (Wildman–Crippen MR) is 125 cm³/mol. The summed E-state index contributed by atoms with van der Waals surface area (Å²) < 4.78 is 44.7. The van der Waals surface area contributed by atoms with Crippen LogP contribution in [0.2, 0.25) is 0 Å². The summed E-state index contributed by atoms with van der Waals surface area (Å²) in [6.07, 6.45) is 0.207. The third-order valence-electron chi connectivity index (χ3n) is 6.85. The summed E-state index contributed by atoms with van der Waals surface area (Å²) in [4.78, 5) is 24.7.